The summed E-state index contributed by atoms with van der Waals surface area (Å²) in [6.45, 7) is 2.04. The second-order valence-corrected chi connectivity index (χ2v) is 6.10. The van der Waals surface area contributed by atoms with E-state index in [1.807, 2.05) is 11.8 Å². The number of methoxy groups -OCH3 is 1. The molecule has 6 nitrogen and oxygen atoms in total. The summed E-state index contributed by atoms with van der Waals surface area (Å²) in [4.78, 5) is 16.2. The SMILES string of the molecule is CN=C(NCCCCSC)NCCNC(=O)c1ccc(OC)cc1. The lowest BCUT2D eigenvalue weighted by atomic mass is 10.2. The first-order valence-corrected chi connectivity index (χ1v) is 9.46. The molecule has 0 aliphatic rings. The topological polar surface area (TPSA) is 74.8 Å². The zero-order chi connectivity index (χ0) is 17.6. The van der Waals surface area contributed by atoms with E-state index >= 15 is 0 Å². The Morgan fingerprint density at radius 1 is 1.08 bits per heavy atom. The molecule has 1 rings (SSSR count). The number of hydrogen-bond donors (Lipinski definition) is 3. The number of guanidine groups is 1. The number of nitrogens with one attached hydrogen (secondary N) is 3. The van der Waals surface area contributed by atoms with Gasteiger partial charge in [0.05, 0.1) is 7.11 Å². The van der Waals surface area contributed by atoms with Crippen LogP contribution >= 0.6 is 11.8 Å². The Morgan fingerprint density at radius 2 is 1.75 bits per heavy atom. The van der Waals surface area contributed by atoms with Gasteiger partial charge in [0, 0.05) is 32.2 Å². The Labute approximate surface area is 148 Å². The molecular weight excluding hydrogens is 324 g/mol. The van der Waals surface area contributed by atoms with Crippen LogP contribution in [0.2, 0.25) is 0 Å². The smallest absolute Gasteiger partial charge is 0.251 e. The van der Waals surface area contributed by atoms with E-state index in [4.69, 9.17) is 4.74 Å². The zero-order valence-corrected chi connectivity index (χ0v) is 15.5. The molecule has 0 saturated carbocycles. The molecule has 0 aliphatic heterocycles. The van der Waals surface area contributed by atoms with Crippen LogP contribution in [0.5, 0.6) is 5.75 Å². The molecule has 1 aromatic carbocycles. The summed E-state index contributed by atoms with van der Waals surface area (Å²) in [5.41, 5.74) is 0.618. The number of unbranched alkanes of at least 4 members (excludes halogenated alkanes) is 1. The van der Waals surface area contributed by atoms with Gasteiger partial charge >= 0.3 is 0 Å². The number of thioether (sulfide) groups is 1. The maximum Gasteiger partial charge on any atom is 0.251 e. The molecule has 0 fully saturated rings. The minimum Gasteiger partial charge on any atom is -0.497 e. The Morgan fingerprint density at radius 3 is 2.38 bits per heavy atom. The summed E-state index contributed by atoms with van der Waals surface area (Å²) < 4.78 is 5.08. The number of aliphatic imine (C=N–C) groups is 1. The molecule has 3 N–H and O–H groups in total. The zero-order valence-electron chi connectivity index (χ0n) is 14.7. The number of nitrogens with zero attached hydrogens (tertiary/aromatic N) is 1. The number of carbonyl (C=O) groups is 1. The van der Waals surface area contributed by atoms with Gasteiger partial charge in [-0.1, -0.05) is 0 Å². The monoisotopic (exact) mass is 352 g/mol. The molecule has 24 heavy (non-hydrogen) atoms. The highest BCUT2D eigenvalue weighted by Gasteiger charge is 2.04. The van der Waals surface area contributed by atoms with Gasteiger partial charge in [-0.3, -0.25) is 9.79 Å². The molecule has 7 heteroatoms. The highest BCUT2D eigenvalue weighted by atomic mass is 32.2. The summed E-state index contributed by atoms with van der Waals surface area (Å²) in [6.07, 6.45) is 4.44. The van der Waals surface area contributed by atoms with Crippen molar-refractivity contribution in [1.82, 2.24) is 16.0 Å². The molecule has 0 aromatic heterocycles. The van der Waals surface area contributed by atoms with Gasteiger partial charge in [-0.15, -0.1) is 0 Å². The molecule has 0 atom stereocenters. The molecule has 1 aromatic rings. The van der Waals surface area contributed by atoms with Crippen LogP contribution in [0.1, 0.15) is 23.2 Å². The van der Waals surface area contributed by atoms with E-state index in [2.05, 4.69) is 27.2 Å². The van der Waals surface area contributed by atoms with Crippen LogP contribution in [0.25, 0.3) is 0 Å². The first kappa shape index (κ1) is 20.2. The molecule has 0 bridgehead atoms. The highest BCUT2D eigenvalue weighted by molar-refractivity contribution is 7.98. The van der Waals surface area contributed by atoms with Crippen LogP contribution in [-0.2, 0) is 0 Å². The first-order chi connectivity index (χ1) is 11.7. The van der Waals surface area contributed by atoms with Crippen LogP contribution in [0.3, 0.4) is 0 Å². The van der Waals surface area contributed by atoms with Crippen molar-refractivity contribution in [2.45, 2.75) is 12.8 Å². The van der Waals surface area contributed by atoms with Crippen LogP contribution in [0.15, 0.2) is 29.3 Å². The number of hydrogen-bond acceptors (Lipinski definition) is 4. The molecule has 0 heterocycles. The average Bonchev–Trinajstić information content (AvgIpc) is 2.63. The molecule has 0 saturated heterocycles. The summed E-state index contributed by atoms with van der Waals surface area (Å²) in [5, 5.41) is 9.32. The van der Waals surface area contributed by atoms with Gasteiger partial charge in [0.25, 0.3) is 5.91 Å². The lowest BCUT2D eigenvalue weighted by Crippen LogP contribution is -2.41. The van der Waals surface area contributed by atoms with Gasteiger partial charge in [0.2, 0.25) is 0 Å². The largest absolute Gasteiger partial charge is 0.497 e. The van der Waals surface area contributed by atoms with Crippen molar-refractivity contribution in [3.8, 4) is 5.75 Å². The molecule has 0 unspecified atom stereocenters. The normalized spacial score (nSPS) is 11.0. The number of carbonyl (C=O) groups excluding carboxylic acids is 1. The average molecular weight is 353 g/mol. The quantitative estimate of drug-likeness (QED) is 0.340. The number of amides is 1. The van der Waals surface area contributed by atoms with Crippen molar-refractivity contribution >= 4 is 23.6 Å². The Hall–Kier alpha value is -1.89. The number of benzene rings is 1. The molecule has 1 amide bonds. The van der Waals surface area contributed by atoms with Gasteiger partial charge < -0.3 is 20.7 Å². The summed E-state index contributed by atoms with van der Waals surface area (Å²) in [5.74, 6) is 2.59. The van der Waals surface area contributed by atoms with Crippen molar-refractivity contribution in [3.63, 3.8) is 0 Å². The van der Waals surface area contributed by atoms with E-state index in [0.29, 0.717) is 18.7 Å². The number of rotatable bonds is 10. The van der Waals surface area contributed by atoms with E-state index in [-0.39, 0.29) is 5.91 Å². The van der Waals surface area contributed by atoms with E-state index in [1.54, 1.807) is 38.4 Å². The van der Waals surface area contributed by atoms with Gasteiger partial charge in [-0.25, -0.2) is 0 Å². The summed E-state index contributed by atoms with van der Waals surface area (Å²) >= 11 is 1.87. The second kappa shape index (κ2) is 12.5. The Kier molecular flexibility index (Phi) is 10.5. The van der Waals surface area contributed by atoms with E-state index in [1.165, 1.54) is 12.2 Å². The van der Waals surface area contributed by atoms with Gasteiger partial charge in [-0.05, 0) is 49.1 Å². The summed E-state index contributed by atoms with van der Waals surface area (Å²) in [6, 6.07) is 7.04. The minimum absolute atomic E-state index is 0.0977. The fraction of sp³-hybridized carbons (Fsp3) is 0.529. The summed E-state index contributed by atoms with van der Waals surface area (Å²) in [7, 11) is 3.34. The molecule has 0 spiro atoms. The Bertz CT molecular complexity index is 506. The Balaban J connectivity index is 2.19. The third-order valence-electron chi connectivity index (χ3n) is 3.35. The predicted molar refractivity (Wildman–Crippen MR) is 102 cm³/mol. The fourth-order valence-electron chi connectivity index (χ4n) is 2.00. The van der Waals surface area contributed by atoms with Crippen molar-refractivity contribution in [3.05, 3.63) is 29.8 Å². The van der Waals surface area contributed by atoms with E-state index in [9.17, 15) is 4.79 Å². The number of ether oxygens (including phenoxy) is 1. The fourth-order valence-corrected chi connectivity index (χ4v) is 2.49. The predicted octanol–water partition coefficient (Wildman–Crippen LogP) is 1.73. The highest BCUT2D eigenvalue weighted by Crippen LogP contribution is 2.10. The van der Waals surface area contributed by atoms with E-state index < -0.39 is 0 Å². The first-order valence-electron chi connectivity index (χ1n) is 8.07. The van der Waals surface area contributed by atoms with Crippen molar-refractivity contribution in [2.24, 2.45) is 4.99 Å². The van der Waals surface area contributed by atoms with Crippen molar-refractivity contribution in [2.75, 3.05) is 45.8 Å². The van der Waals surface area contributed by atoms with Crippen LogP contribution in [0.4, 0.5) is 0 Å². The maximum atomic E-state index is 12.0. The van der Waals surface area contributed by atoms with E-state index in [0.717, 1.165) is 24.7 Å². The van der Waals surface area contributed by atoms with Crippen LogP contribution in [0, 0.1) is 0 Å². The molecular formula is C17H28N4O2S. The van der Waals surface area contributed by atoms with Crippen molar-refractivity contribution in [1.29, 1.82) is 0 Å². The standard InChI is InChI=1S/C17H28N4O2S/c1-18-17(20-10-4-5-13-24-3)21-12-11-19-16(22)14-6-8-15(23-2)9-7-14/h6-9H,4-5,10-13H2,1-3H3,(H,19,22)(H2,18,20,21). The second-order valence-electron chi connectivity index (χ2n) is 5.11. The molecule has 0 aliphatic carbocycles. The molecule has 134 valence electrons. The third kappa shape index (κ3) is 8.10. The minimum atomic E-state index is -0.0977. The van der Waals surface area contributed by atoms with Crippen LogP contribution < -0.4 is 20.7 Å². The lowest BCUT2D eigenvalue weighted by Gasteiger charge is -2.12. The van der Waals surface area contributed by atoms with Gasteiger partial charge in [-0.2, -0.15) is 11.8 Å². The molecule has 0 radical (unpaired) electrons. The van der Waals surface area contributed by atoms with Gasteiger partial charge in [0.1, 0.15) is 5.75 Å². The lowest BCUT2D eigenvalue weighted by molar-refractivity contribution is 0.0954. The maximum absolute atomic E-state index is 12.0. The van der Waals surface area contributed by atoms with Crippen molar-refractivity contribution < 1.29 is 9.53 Å². The van der Waals surface area contributed by atoms with Gasteiger partial charge in [0.15, 0.2) is 5.96 Å². The van der Waals surface area contributed by atoms with Crippen LogP contribution in [-0.4, -0.2) is 57.7 Å². The third-order valence-corrected chi connectivity index (χ3v) is 4.04.